The van der Waals surface area contributed by atoms with E-state index in [9.17, 15) is 0 Å². The van der Waals surface area contributed by atoms with Crippen LogP contribution in [0.25, 0.3) is 0 Å². The van der Waals surface area contributed by atoms with Gasteiger partial charge in [-0.15, -0.1) is 11.8 Å². The zero-order chi connectivity index (χ0) is 11.0. The monoisotopic (exact) mass is 250 g/mol. The highest BCUT2D eigenvalue weighted by atomic mass is 32.2. The van der Waals surface area contributed by atoms with Gasteiger partial charge < -0.3 is 0 Å². The number of hydrogen-bond donors (Lipinski definition) is 0. The average molecular weight is 251 g/mol. The van der Waals surface area contributed by atoms with Crippen molar-refractivity contribution in [1.29, 1.82) is 0 Å². The Bertz CT molecular complexity index is 447. The smallest absolute Gasteiger partial charge is 0.103 e. The van der Waals surface area contributed by atoms with Crippen LogP contribution in [-0.2, 0) is 0 Å². The molecule has 0 aromatic carbocycles. The van der Waals surface area contributed by atoms with E-state index in [-0.39, 0.29) is 0 Å². The van der Waals surface area contributed by atoms with Gasteiger partial charge in [-0.1, -0.05) is 55.3 Å². The summed E-state index contributed by atoms with van der Waals surface area (Å²) >= 11 is 2.13. The Morgan fingerprint density at radius 1 is 1.20 bits per heavy atom. The molecular weight excluding hydrogens is 232 g/mol. The molecule has 0 N–H and O–H groups in total. The molecule has 0 radical (unpaired) electrons. The summed E-state index contributed by atoms with van der Waals surface area (Å²) in [5.74, 6) is 0.790. The summed E-state index contributed by atoms with van der Waals surface area (Å²) in [6.45, 7) is 12.6. The summed E-state index contributed by atoms with van der Waals surface area (Å²) in [7, 11) is -2.23. The summed E-state index contributed by atoms with van der Waals surface area (Å²) in [6.07, 6.45) is 4.81. The van der Waals surface area contributed by atoms with Crippen molar-refractivity contribution in [3.63, 3.8) is 0 Å². The summed E-state index contributed by atoms with van der Waals surface area (Å²) in [5, 5.41) is 3.70. The second kappa shape index (κ2) is 2.63. The van der Waals surface area contributed by atoms with Crippen molar-refractivity contribution in [2.24, 2.45) is 5.92 Å². The normalized spacial score (nSPS) is 31.1. The zero-order valence-electron chi connectivity index (χ0n) is 10.1. The fourth-order valence-electron chi connectivity index (χ4n) is 3.06. The van der Waals surface area contributed by atoms with Crippen LogP contribution in [0.1, 0.15) is 0 Å². The molecule has 3 heteroatoms. The van der Waals surface area contributed by atoms with Crippen molar-refractivity contribution in [3.8, 4) is 0 Å². The van der Waals surface area contributed by atoms with E-state index in [1.54, 1.807) is 10.1 Å². The quantitative estimate of drug-likeness (QED) is 0.631. The summed E-state index contributed by atoms with van der Waals surface area (Å²) in [5.41, 5.74) is 0. The third-order valence-electron chi connectivity index (χ3n) is 3.85. The second-order valence-corrected chi connectivity index (χ2v) is 17.2. The van der Waals surface area contributed by atoms with Gasteiger partial charge in [-0.05, 0) is 9.43 Å². The minimum atomic E-state index is -1.14. The van der Waals surface area contributed by atoms with Gasteiger partial charge in [0.25, 0.3) is 0 Å². The highest BCUT2D eigenvalue weighted by molar-refractivity contribution is 8.09. The predicted molar refractivity (Wildman–Crippen MR) is 75.1 cm³/mol. The Morgan fingerprint density at radius 2 is 1.87 bits per heavy atom. The van der Waals surface area contributed by atoms with Crippen LogP contribution in [0.5, 0.6) is 0 Å². The summed E-state index contributed by atoms with van der Waals surface area (Å²) in [4.78, 5) is 1.64. The molecule has 1 fully saturated rings. The molecule has 1 aliphatic carbocycles. The molecule has 0 nitrogen and oxygen atoms in total. The van der Waals surface area contributed by atoms with Gasteiger partial charge in [0.15, 0.2) is 0 Å². The lowest BCUT2D eigenvalue weighted by Crippen LogP contribution is -2.49. The Kier molecular flexibility index (Phi) is 1.78. The van der Waals surface area contributed by atoms with E-state index in [0.717, 1.165) is 5.92 Å². The molecule has 3 aliphatic rings. The van der Waals surface area contributed by atoms with Crippen molar-refractivity contribution >= 4 is 27.9 Å². The fraction of sp³-hybridized carbons (Fsp3) is 0.500. The molecule has 1 saturated heterocycles. The first-order chi connectivity index (χ1) is 6.83. The first-order valence-electron chi connectivity index (χ1n) is 5.68. The van der Waals surface area contributed by atoms with Gasteiger partial charge in [-0.25, -0.2) is 0 Å². The van der Waals surface area contributed by atoms with E-state index in [4.69, 9.17) is 0 Å². The molecule has 0 bridgehead atoms. The zero-order valence-corrected chi connectivity index (χ0v) is 13.0. The van der Waals surface area contributed by atoms with Gasteiger partial charge in [0.05, 0.1) is 8.07 Å². The molecule has 2 heterocycles. The van der Waals surface area contributed by atoms with Gasteiger partial charge in [0, 0.05) is 5.92 Å². The molecule has 2 aliphatic heterocycles. The number of thioether (sulfide) groups is 1. The van der Waals surface area contributed by atoms with Gasteiger partial charge in [0.1, 0.15) is 8.07 Å². The van der Waals surface area contributed by atoms with Gasteiger partial charge in [-0.2, -0.15) is 0 Å². The molecular formula is C12H18SSi2. The van der Waals surface area contributed by atoms with E-state index in [1.807, 2.05) is 9.72 Å². The van der Waals surface area contributed by atoms with E-state index < -0.39 is 16.1 Å². The maximum absolute atomic E-state index is 2.54. The maximum Gasteiger partial charge on any atom is 0.105 e. The number of allylic oxidation sites excluding steroid dienone is 5. The number of rotatable bonds is 1. The van der Waals surface area contributed by atoms with Crippen LogP contribution in [0.4, 0.5) is 0 Å². The van der Waals surface area contributed by atoms with Crippen LogP contribution in [0, 0.1) is 5.92 Å². The molecule has 3 rings (SSSR count). The Balaban J connectivity index is 2.17. The molecule has 0 aromatic rings. The molecule has 0 saturated carbocycles. The lowest BCUT2D eigenvalue weighted by atomic mass is 10.1. The van der Waals surface area contributed by atoms with Crippen molar-refractivity contribution < 1.29 is 0 Å². The lowest BCUT2D eigenvalue weighted by molar-refractivity contribution is 0.935. The summed E-state index contributed by atoms with van der Waals surface area (Å²) < 4.78 is 1.83. The first-order valence-corrected chi connectivity index (χ1v) is 13.0. The molecule has 0 spiro atoms. The largest absolute Gasteiger partial charge is 0.105 e. The SMILES string of the molecule is C[Si](C)(C)C1=C2C3C(=CC=C3[Si]2(C)C)S1. The Hall–Kier alpha value is 0.00377. The Morgan fingerprint density at radius 3 is 2.47 bits per heavy atom. The van der Waals surface area contributed by atoms with E-state index in [0.29, 0.717) is 0 Å². The third kappa shape index (κ3) is 1.09. The minimum absolute atomic E-state index is 0.790. The molecule has 15 heavy (non-hydrogen) atoms. The molecule has 1 atom stereocenters. The van der Waals surface area contributed by atoms with Crippen molar-refractivity contribution in [3.05, 3.63) is 32.0 Å². The van der Waals surface area contributed by atoms with Crippen molar-refractivity contribution in [2.75, 3.05) is 0 Å². The van der Waals surface area contributed by atoms with E-state index in [1.165, 1.54) is 0 Å². The topological polar surface area (TPSA) is 0 Å². The standard InChI is InChI=1S/C12H18SSi2/c1-14(2,3)12-11-10-8(13-12)6-7-9(10)15(11,4)5/h6-7,10H,1-5H3. The lowest BCUT2D eigenvalue weighted by Gasteiger charge is -2.45. The fourth-order valence-corrected chi connectivity index (χ4v) is 12.9. The molecule has 80 valence electrons. The van der Waals surface area contributed by atoms with Crippen LogP contribution < -0.4 is 0 Å². The van der Waals surface area contributed by atoms with Crippen molar-refractivity contribution in [2.45, 2.75) is 32.7 Å². The summed E-state index contributed by atoms with van der Waals surface area (Å²) in [6, 6.07) is 0. The van der Waals surface area contributed by atoms with Gasteiger partial charge in [0.2, 0.25) is 0 Å². The average Bonchev–Trinajstić information content (AvgIpc) is 2.51. The van der Waals surface area contributed by atoms with Crippen LogP contribution in [0.2, 0.25) is 32.7 Å². The minimum Gasteiger partial charge on any atom is -0.103 e. The molecule has 0 aromatic heterocycles. The van der Waals surface area contributed by atoms with Crippen molar-refractivity contribution in [1.82, 2.24) is 0 Å². The Labute approximate surface area is 98.6 Å². The highest BCUT2D eigenvalue weighted by Gasteiger charge is 2.57. The second-order valence-electron chi connectivity index (χ2n) is 6.34. The maximum atomic E-state index is 2.54. The predicted octanol–water partition coefficient (Wildman–Crippen LogP) is 4.11. The van der Waals surface area contributed by atoms with Crippen LogP contribution in [-0.4, -0.2) is 16.1 Å². The first kappa shape index (κ1) is 10.2. The van der Waals surface area contributed by atoms with Crippen LogP contribution in [0.3, 0.4) is 0 Å². The molecule has 0 amide bonds. The van der Waals surface area contributed by atoms with E-state index in [2.05, 4.69) is 56.6 Å². The van der Waals surface area contributed by atoms with Gasteiger partial charge in [-0.3, -0.25) is 0 Å². The van der Waals surface area contributed by atoms with Crippen LogP contribution in [0.15, 0.2) is 32.0 Å². The highest BCUT2D eigenvalue weighted by Crippen LogP contribution is 2.65. The number of hydrogen-bond acceptors (Lipinski definition) is 1. The van der Waals surface area contributed by atoms with Gasteiger partial charge >= 0.3 is 0 Å². The van der Waals surface area contributed by atoms with E-state index >= 15 is 0 Å². The molecule has 1 unspecified atom stereocenters. The van der Waals surface area contributed by atoms with Crippen LogP contribution >= 0.6 is 11.8 Å². The third-order valence-corrected chi connectivity index (χ3v) is 12.9.